The van der Waals surface area contributed by atoms with Crippen LogP contribution in [-0.4, -0.2) is 6.54 Å². The fourth-order valence-electron chi connectivity index (χ4n) is 4.07. The lowest BCUT2D eigenvalue weighted by Crippen LogP contribution is -2.28. The number of hydrogen-bond acceptors (Lipinski definition) is 1. The van der Waals surface area contributed by atoms with Crippen LogP contribution >= 0.6 is 12.4 Å². The van der Waals surface area contributed by atoms with Crippen LogP contribution in [0.5, 0.6) is 0 Å². The van der Waals surface area contributed by atoms with E-state index < -0.39 is 0 Å². The van der Waals surface area contributed by atoms with E-state index >= 15 is 0 Å². The Morgan fingerprint density at radius 2 is 1.24 bits per heavy atom. The lowest BCUT2D eigenvalue weighted by Gasteiger charge is -2.31. The van der Waals surface area contributed by atoms with Gasteiger partial charge >= 0.3 is 0 Å². The maximum absolute atomic E-state index is 6.01. The smallest absolute Gasteiger partial charge is 0.00461 e. The SMILES string of the molecule is Cl.NCC1CCCCCC1C1CCCCCC1. The van der Waals surface area contributed by atoms with Crippen molar-refractivity contribution in [2.75, 3.05) is 6.54 Å². The van der Waals surface area contributed by atoms with Gasteiger partial charge in [0.15, 0.2) is 0 Å². The van der Waals surface area contributed by atoms with E-state index in [1.807, 2.05) is 0 Å². The van der Waals surface area contributed by atoms with E-state index in [1.165, 1.54) is 70.6 Å². The maximum atomic E-state index is 6.01. The molecular weight excluding hydrogens is 230 g/mol. The minimum atomic E-state index is 0. The molecule has 2 atom stereocenters. The van der Waals surface area contributed by atoms with Gasteiger partial charge in [-0.1, -0.05) is 57.8 Å². The standard InChI is InChI=1S/C15H29N.ClH/c16-12-14-10-6-3-7-11-15(14)13-8-4-1-2-5-9-13;/h13-15H,1-12,16H2;1H. The first kappa shape index (κ1) is 15.3. The van der Waals surface area contributed by atoms with Crippen molar-refractivity contribution in [2.45, 2.75) is 70.6 Å². The van der Waals surface area contributed by atoms with Crippen molar-refractivity contribution in [3.8, 4) is 0 Å². The highest BCUT2D eigenvalue weighted by Gasteiger charge is 2.29. The highest BCUT2D eigenvalue weighted by molar-refractivity contribution is 5.85. The average molecular weight is 260 g/mol. The predicted octanol–water partition coefficient (Wildman–Crippen LogP) is 4.53. The van der Waals surface area contributed by atoms with Gasteiger partial charge in [-0.15, -0.1) is 12.4 Å². The summed E-state index contributed by atoms with van der Waals surface area (Å²) >= 11 is 0. The van der Waals surface area contributed by atoms with Crippen LogP contribution in [0.25, 0.3) is 0 Å². The zero-order valence-corrected chi connectivity index (χ0v) is 12.0. The summed E-state index contributed by atoms with van der Waals surface area (Å²) in [7, 11) is 0. The van der Waals surface area contributed by atoms with Gasteiger partial charge in [0.1, 0.15) is 0 Å². The Morgan fingerprint density at radius 3 is 1.88 bits per heavy atom. The minimum absolute atomic E-state index is 0. The number of rotatable bonds is 2. The molecule has 0 heterocycles. The molecule has 2 rings (SSSR count). The molecule has 0 aromatic rings. The summed E-state index contributed by atoms with van der Waals surface area (Å²) in [6, 6.07) is 0. The van der Waals surface area contributed by atoms with Crippen LogP contribution in [0.1, 0.15) is 70.6 Å². The normalized spacial score (nSPS) is 32.3. The Labute approximate surface area is 113 Å². The molecule has 102 valence electrons. The molecule has 1 nitrogen and oxygen atoms in total. The van der Waals surface area contributed by atoms with Crippen LogP contribution in [0.3, 0.4) is 0 Å². The van der Waals surface area contributed by atoms with Crippen molar-refractivity contribution in [1.29, 1.82) is 0 Å². The molecule has 2 fully saturated rings. The van der Waals surface area contributed by atoms with Gasteiger partial charge in [-0.2, -0.15) is 0 Å². The third-order valence-corrected chi connectivity index (χ3v) is 5.03. The minimum Gasteiger partial charge on any atom is -0.330 e. The van der Waals surface area contributed by atoms with Gasteiger partial charge in [0.05, 0.1) is 0 Å². The van der Waals surface area contributed by atoms with E-state index in [4.69, 9.17) is 5.73 Å². The van der Waals surface area contributed by atoms with Crippen LogP contribution in [0.15, 0.2) is 0 Å². The molecule has 0 spiro atoms. The van der Waals surface area contributed by atoms with E-state index in [9.17, 15) is 0 Å². The summed E-state index contributed by atoms with van der Waals surface area (Å²) in [5.41, 5.74) is 6.01. The van der Waals surface area contributed by atoms with Crippen LogP contribution in [0.2, 0.25) is 0 Å². The van der Waals surface area contributed by atoms with Crippen LogP contribution in [0.4, 0.5) is 0 Å². The zero-order chi connectivity index (χ0) is 11.2. The Hall–Kier alpha value is 0.250. The van der Waals surface area contributed by atoms with Gasteiger partial charge in [-0.3, -0.25) is 0 Å². The Morgan fingerprint density at radius 1 is 0.706 bits per heavy atom. The van der Waals surface area contributed by atoms with Gasteiger partial charge < -0.3 is 5.73 Å². The lowest BCUT2D eigenvalue weighted by molar-refractivity contribution is 0.197. The topological polar surface area (TPSA) is 26.0 Å². The molecule has 2 unspecified atom stereocenters. The number of nitrogens with two attached hydrogens (primary N) is 1. The zero-order valence-electron chi connectivity index (χ0n) is 11.2. The monoisotopic (exact) mass is 259 g/mol. The molecule has 0 aliphatic heterocycles. The van der Waals surface area contributed by atoms with Crippen molar-refractivity contribution < 1.29 is 0 Å². The van der Waals surface area contributed by atoms with E-state index in [0.29, 0.717) is 0 Å². The second kappa shape index (κ2) is 8.37. The van der Waals surface area contributed by atoms with Crippen LogP contribution in [-0.2, 0) is 0 Å². The van der Waals surface area contributed by atoms with Crippen LogP contribution < -0.4 is 5.73 Å². The summed E-state index contributed by atoms with van der Waals surface area (Å²) in [5, 5.41) is 0. The molecule has 2 aliphatic carbocycles. The number of halogens is 1. The molecule has 0 saturated heterocycles. The molecule has 2 aliphatic rings. The third-order valence-electron chi connectivity index (χ3n) is 5.03. The highest BCUT2D eigenvalue weighted by atomic mass is 35.5. The molecule has 2 heteroatoms. The largest absolute Gasteiger partial charge is 0.330 e. The summed E-state index contributed by atoms with van der Waals surface area (Å²) in [6.07, 6.45) is 16.2. The van der Waals surface area contributed by atoms with Gasteiger partial charge in [0.25, 0.3) is 0 Å². The van der Waals surface area contributed by atoms with Gasteiger partial charge in [0, 0.05) is 0 Å². The van der Waals surface area contributed by atoms with Gasteiger partial charge in [-0.05, 0) is 37.1 Å². The van der Waals surface area contributed by atoms with Crippen molar-refractivity contribution in [3.63, 3.8) is 0 Å². The molecule has 2 N–H and O–H groups in total. The molecule has 0 aromatic heterocycles. The van der Waals surface area contributed by atoms with Gasteiger partial charge in [-0.25, -0.2) is 0 Å². The van der Waals surface area contributed by atoms with Crippen molar-refractivity contribution in [2.24, 2.45) is 23.5 Å². The van der Waals surface area contributed by atoms with Crippen molar-refractivity contribution in [1.82, 2.24) is 0 Å². The average Bonchev–Trinajstić information content (AvgIpc) is 2.70. The summed E-state index contributed by atoms with van der Waals surface area (Å²) < 4.78 is 0. The summed E-state index contributed by atoms with van der Waals surface area (Å²) in [4.78, 5) is 0. The second-order valence-corrected chi connectivity index (χ2v) is 6.05. The van der Waals surface area contributed by atoms with E-state index in [-0.39, 0.29) is 12.4 Å². The van der Waals surface area contributed by atoms with E-state index in [2.05, 4.69) is 0 Å². The molecule has 0 aromatic carbocycles. The molecule has 0 amide bonds. The fourth-order valence-corrected chi connectivity index (χ4v) is 4.07. The molecule has 17 heavy (non-hydrogen) atoms. The lowest BCUT2D eigenvalue weighted by atomic mass is 9.75. The number of hydrogen-bond donors (Lipinski definition) is 1. The quantitative estimate of drug-likeness (QED) is 0.725. The Bertz CT molecular complexity index is 187. The van der Waals surface area contributed by atoms with E-state index in [1.54, 1.807) is 0 Å². The van der Waals surface area contributed by atoms with Crippen LogP contribution in [0, 0.1) is 17.8 Å². The summed E-state index contributed by atoms with van der Waals surface area (Å²) in [5.74, 6) is 2.85. The fraction of sp³-hybridized carbons (Fsp3) is 1.00. The first-order valence-electron chi connectivity index (χ1n) is 7.62. The summed E-state index contributed by atoms with van der Waals surface area (Å²) in [6.45, 7) is 0.946. The molecule has 0 radical (unpaired) electrons. The third kappa shape index (κ3) is 4.44. The molecule has 0 bridgehead atoms. The highest BCUT2D eigenvalue weighted by Crippen LogP contribution is 2.39. The first-order valence-corrected chi connectivity index (χ1v) is 7.62. The first-order chi connectivity index (χ1) is 7.92. The van der Waals surface area contributed by atoms with Gasteiger partial charge in [0.2, 0.25) is 0 Å². The maximum Gasteiger partial charge on any atom is -0.00461 e. The molecule has 2 saturated carbocycles. The molecular formula is C15H30ClN. The van der Waals surface area contributed by atoms with Crippen molar-refractivity contribution in [3.05, 3.63) is 0 Å². The Kier molecular flexibility index (Phi) is 7.54. The Balaban J connectivity index is 0.00000144. The van der Waals surface area contributed by atoms with Crippen molar-refractivity contribution >= 4 is 12.4 Å². The van der Waals surface area contributed by atoms with E-state index in [0.717, 1.165) is 24.3 Å². The predicted molar refractivity (Wildman–Crippen MR) is 77.6 cm³/mol. The second-order valence-electron chi connectivity index (χ2n) is 6.05.